The smallest absolute Gasteiger partial charge is 0.337 e. The van der Waals surface area contributed by atoms with E-state index >= 15 is 0 Å². The summed E-state index contributed by atoms with van der Waals surface area (Å²) in [6.45, 7) is 0.738. The molecule has 8 nitrogen and oxygen atoms in total. The number of pyridine rings is 1. The molecule has 3 aromatic rings. The van der Waals surface area contributed by atoms with Crippen molar-refractivity contribution in [2.75, 3.05) is 30.9 Å². The van der Waals surface area contributed by atoms with Crippen molar-refractivity contribution in [3.63, 3.8) is 0 Å². The van der Waals surface area contributed by atoms with Gasteiger partial charge in [-0.05, 0) is 48.4 Å². The summed E-state index contributed by atoms with van der Waals surface area (Å²) in [7, 11) is 3.22. The van der Waals surface area contributed by atoms with Crippen LogP contribution in [0.5, 0.6) is 0 Å². The largest absolute Gasteiger partial charge is 0.465 e. The van der Waals surface area contributed by atoms with Crippen LogP contribution >= 0.6 is 0 Å². The Labute approximate surface area is 168 Å². The summed E-state index contributed by atoms with van der Waals surface area (Å²) >= 11 is 0. The van der Waals surface area contributed by atoms with Crippen molar-refractivity contribution in [1.82, 2.24) is 15.0 Å². The van der Waals surface area contributed by atoms with E-state index < -0.39 is 5.97 Å². The van der Waals surface area contributed by atoms with Gasteiger partial charge in [0, 0.05) is 44.1 Å². The third kappa shape index (κ3) is 5.35. The Kier molecular flexibility index (Phi) is 6.47. The number of benzene rings is 1. The summed E-state index contributed by atoms with van der Waals surface area (Å²) in [5.74, 6) is -0.222. The molecular formula is C21H21N5O3. The molecule has 0 aliphatic rings. The highest BCUT2D eigenvalue weighted by molar-refractivity contribution is 6.04. The lowest BCUT2D eigenvalue weighted by Gasteiger charge is -2.16. The number of nitrogens with zero attached hydrogens (tertiary/aromatic N) is 4. The molecule has 0 bridgehead atoms. The standard InChI is InChI=1S/C21H21N5O3/c1-26(12-9-15-7-10-22-11-8-15)21-23-13-17(14-24-21)19(27)25-18-5-3-16(4-6-18)20(28)29-2/h3-8,10-11,13-14H,9,12H2,1-2H3,(H,25,27). The fourth-order valence-corrected chi connectivity index (χ4v) is 2.59. The zero-order valence-corrected chi connectivity index (χ0v) is 16.2. The molecule has 2 aromatic heterocycles. The second-order valence-electron chi connectivity index (χ2n) is 6.32. The number of aromatic nitrogens is 3. The van der Waals surface area contributed by atoms with Gasteiger partial charge in [0.1, 0.15) is 0 Å². The number of hydrogen-bond donors (Lipinski definition) is 1. The molecule has 0 radical (unpaired) electrons. The highest BCUT2D eigenvalue weighted by atomic mass is 16.5. The van der Waals surface area contributed by atoms with Gasteiger partial charge in [0.15, 0.2) is 0 Å². The summed E-state index contributed by atoms with van der Waals surface area (Å²) in [6.07, 6.45) is 7.35. The summed E-state index contributed by atoms with van der Waals surface area (Å²) in [6, 6.07) is 10.4. The van der Waals surface area contributed by atoms with Crippen molar-refractivity contribution in [3.8, 4) is 0 Å². The Morgan fingerprint density at radius 3 is 2.28 bits per heavy atom. The number of nitrogens with one attached hydrogen (secondary N) is 1. The summed E-state index contributed by atoms with van der Waals surface area (Å²) in [5.41, 5.74) is 2.49. The zero-order valence-electron chi connectivity index (χ0n) is 16.2. The number of carbonyl (C=O) groups is 2. The predicted molar refractivity (Wildman–Crippen MR) is 109 cm³/mol. The Bertz CT molecular complexity index is 960. The van der Waals surface area contributed by atoms with E-state index in [2.05, 4.69) is 25.0 Å². The van der Waals surface area contributed by atoms with E-state index in [0.29, 0.717) is 22.8 Å². The molecule has 0 spiro atoms. The Morgan fingerprint density at radius 2 is 1.66 bits per heavy atom. The van der Waals surface area contributed by atoms with Crippen LogP contribution in [0.25, 0.3) is 0 Å². The molecule has 0 aliphatic carbocycles. The van der Waals surface area contributed by atoms with Crippen LogP contribution < -0.4 is 10.2 Å². The van der Waals surface area contributed by atoms with Crippen LogP contribution in [0.1, 0.15) is 26.3 Å². The molecule has 2 heterocycles. The monoisotopic (exact) mass is 391 g/mol. The molecule has 1 aromatic carbocycles. The Morgan fingerprint density at radius 1 is 1.00 bits per heavy atom. The highest BCUT2D eigenvalue weighted by Gasteiger charge is 2.11. The lowest BCUT2D eigenvalue weighted by atomic mass is 10.2. The van der Waals surface area contributed by atoms with Gasteiger partial charge < -0.3 is 15.0 Å². The first-order valence-corrected chi connectivity index (χ1v) is 8.98. The number of anilines is 2. The van der Waals surface area contributed by atoms with Gasteiger partial charge in [-0.2, -0.15) is 0 Å². The number of methoxy groups -OCH3 is 1. The molecule has 29 heavy (non-hydrogen) atoms. The van der Waals surface area contributed by atoms with Crippen molar-refractivity contribution in [3.05, 3.63) is 77.9 Å². The van der Waals surface area contributed by atoms with Gasteiger partial charge in [-0.25, -0.2) is 14.8 Å². The minimum Gasteiger partial charge on any atom is -0.465 e. The third-order valence-corrected chi connectivity index (χ3v) is 4.29. The second kappa shape index (κ2) is 9.41. The summed E-state index contributed by atoms with van der Waals surface area (Å²) in [4.78, 5) is 38.3. The fourth-order valence-electron chi connectivity index (χ4n) is 2.59. The van der Waals surface area contributed by atoms with Gasteiger partial charge in [0.05, 0.1) is 18.2 Å². The number of ether oxygens (including phenoxy) is 1. The number of rotatable bonds is 7. The van der Waals surface area contributed by atoms with E-state index in [-0.39, 0.29) is 5.91 Å². The predicted octanol–water partition coefficient (Wildman–Crippen LogP) is 2.59. The van der Waals surface area contributed by atoms with E-state index in [4.69, 9.17) is 0 Å². The SMILES string of the molecule is COC(=O)c1ccc(NC(=O)c2cnc(N(C)CCc3ccncc3)nc2)cc1. The quantitative estimate of drug-likeness (QED) is 0.618. The number of likely N-dealkylation sites (N-methyl/N-ethyl adjacent to an activating group) is 1. The number of carbonyl (C=O) groups excluding carboxylic acids is 2. The van der Waals surface area contributed by atoms with Crippen LogP contribution in [0, 0.1) is 0 Å². The van der Waals surface area contributed by atoms with Crippen molar-refractivity contribution < 1.29 is 14.3 Å². The van der Waals surface area contributed by atoms with Crippen molar-refractivity contribution in [1.29, 1.82) is 0 Å². The van der Waals surface area contributed by atoms with Crippen LogP contribution in [0.3, 0.4) is 0 Å². The summed E-state index contributed by atoms with van der Waals surface area (Å²) in [5, 5.41) is 2.75. The lowest BCUT2D eigenvalue weighted by Crippen LogP contribution is -2.23. The maximum atomic E-state index is 12.4. The molecule has 1 N–H and O–H groups in total. The molecule has 0 aliphatic heterocycles. The second-order valence-corrected chi connectivity index (χ2v) is 6.32. The Hall–Kier alpha value is -3.81. The molecule has 0 atom stereocenters. The van der Waals surface area contributed by atoms with Crippen LogP contribution in [0.2, 0.25) is 0 Å². The zero-order chi connectivity index (χ0) is 20.6. The van der Waals surface area contributed by atoms with E-state index in [0.717, 1.165) is 13.0 Å². The first-order valence-electron chi connectivity index (χ1n) is 8.98. The molecule has 148 valence electrons. The van der Waals surface area contributed by atoms with Crippen LogP contribution in [0.15, 0.2) is 61.2 Å². The Balaban J connectivity index is 1.57. The molecular weight excluding hydrogens is 370 g/mol. The van der Waals surface area contributed by atoms with E-state index in [9.17, 15) is 9.59 Å². The van der Waals surface area contributed by atoms with Crippen molar-refractivity contribution in [2.24, 2.45) is 0 Å². The van der Waals surface area contributed by atoms with Gasteiger partial charge in [0.2, 0.25) is 5.95 Å². The van der Waals surface area contributed by atoms with Crippen molar-refractivity contribution >= 4 is 23.5 Å². The topological polar surface area (TPSA) is 97.3 Å². The minimum atomic E-state index is -0.431. The molecule has 8 heteroatoms. The normalized spacial score (nSPS) is 10.3. The van der Waals surface area contributed by atoms with Gasteiger partial charge in [-0.3, -0.25) is 9.78 Å². The maximum Gasteiger partial charge on any atom is 0.337 e. The number of amides is 1. The molecule has 1 amide bonds. The van der Waals surface area contributed by atoms with E-state index in [1.807, 2.05) is 24.1 Å². The van der Waals surface area contributed by atoms with Crippen LogP contribution in [0.4, 0.5) is 11.6 Å². The van der Waals surface area contributed by atoms with Crippen LogP contribution in [-0.2, 0) is 11.2 Å². The molecule has 0 saturated heterocycles. The first-order chi connectivity index (χ1) is 14.1. The molecule has 0 unspecified atom stereocenters. The lowest BCUT2D eigenvalue weighted by molar-refractivity contribution is 0.0600. The molecule has 3 rings (SSSR count). The average Bonchev–Trinajstić information content (AvgIpc) is 2.78. The van der Waals surface area contributed by atoms with Gasteiger partial charge in [-0.15, -0.1) is 0 Å². The van der Waals surface area contributed by atoms with E-state index in [1.54, 1.807) is 36.7 Å². The summed E-state index contributed by atoms with van der Waals surface area (Å²) < 4.78 is 4.65. The number of hydrogen-bond acceptors (Lipinski definition) is 7. The molecule has 0 fully saturated rings. The minimum absolute atomic E-state index is 0.332. The van der Waals surface area contributed by atoms with Gasteiger partial charge in [-0.1, -0.05) is 0 Å². The van der Waals surface area contributed by atoms with Crippen LogP contribution in [-0.4, -0.2) is 47.5 Å². The highest BCUT2D eigenvalue weighted by Crippen LogP contribution is 2.13. The number of esters is 1. The molecule has 0 saturated carbocycles. The fraction of sp³-hybridized carbons (Fsp3) is 0.190. The first kappa shape index (κ1) is 19.9. The van der Waals surface area contributed by atoms with Crippen molar-refractivity contribution in [2.45, 2.75) is 6.42 Å². The maximum absolute atomic E-state index is 12.4. The van der Waals surface area contributed by atoms with Gasteiger partial charge in [0.25, 0.3) is 5.91 Å². The van der Waals surface area contributed by atoms with Gasteiger partial charge >= 0.3 is 5.97 Å². The average molecular weight is 391 g/mol. The third-order valence-electron chi connectivity index (χ3n) is 4.29. The van der Waals surface area contributed by atoms with E-state index in [1.165, 1.54) is 25.1 Å².